The van der Waals surface area contributed by atoms with E-state index in [1.165, 1.54) is 24.4 Å². The Morgan fingerprint density at radius 2 is 1.50 bits per heavy atom. The zero-order chi connectivity index (χ0) is 24.9. The van der Waals surface area contributed by atoms with Gasteiger partial charge in [0.15, 0.2) is 6.20 Å². The van der Waals surface area contributed by atoms with Gasteiger partial charge in [-0.1, -0.05) is 35.9 Å². The Bertz CT molecular complexity index is 1170. The van der Waals surface area contributed by atoms with Crippen molar-refractivity contribution in [1.82, 2.24) is 0 Å². The number of nitrogens with zero attached hydrogens (tertiary/aromatic N) is 1. The highest BCUT2D eigenvalue weighted by atomic mass is 14.9. The molecule has 3 aromatic rings. The summed E-state index contributed by atoms with van der Waals surface area (Å²) in [6.07, 6.45) is 1.48. The summed E-state index contributed by atoms with van der Waals surface area (Å²) in [6.45, 7) is -4.16. The van der Waals surface area contributed by atoms with Crippen molar-refractivity contribution in [1.29, 1.82) is 0 Å². The van der Waals surface area contributed by atoms with E-state index in [2.05, 4.69) is 0 Å². The van der Waals surface area contributed by atoms with E-state index in [4.69, 9.17) is 12.3 Å². The maximum absolute atomic E-state index is 8.14. The summed E-state index contributed by atoms with van der Waals surface area (Å²) < 4.78 is 74.3. The third-order valence-corrected chi connectivity index (χ3v) is 4.19. The number of rotatable bonds is 2. The van der Waals surface area contributed by atoms with Crippen LogP contribution in [0.4, 0.5) is 0 Å². The van der Waals surface area contributed by atoms with Gasteiger partial charge in [0.25, 0.3) is 0 Å². The molecular weight excluding hydrogens is 290 g/mol. The second-order valence-electron chi connectivity index (χ2n) is 6.15. The summed E-state index contributed by atoms with van der Waals surface area (Å²) in [5, 5.41) is 0. The smallest absolute Gasteiger partial charge is 0.200 e. The lowest BCUT2D eigenvalue weighted by Gasteiger charge is -2.16. The summed E-state index contributed by atoms with van der Waals surface area (Å²) >= 11 is 0. The Kier molecular flexibility index (Phi) is 2.24. The Hall–Kier alpha value is -2.41. The normalized spacial score (nSPS) is 18.0. The molecule has 0 fully saturated rings. The van der Waals surface area contributed by atoms with Crippen molar-refractivity contribution in [3.8, 4) is 22.4 Å². The number of hydrogen-bond acceptors (Lipinski definition) is 0. The van der Waals surface area contributed by atoms with Crippen molar-refractivity contribution < 1.29 is 16.9 Å². The lowest BCUT2D eigenvalue weighted by molar-refractivity contribution is -0.660. The average Bonchev–Trinajstić information content (AvgIpc) is 2.65. The lowest BCUT2D eigenvalue weighted by Crippen LogP contribution is -2.32. The highest BCUT2D eigenvalue weighted by Crippen LogP contribution is 2.36. The van der Waals surface area contributed by atoms with E-state index in [-0.39, 0.29) is 27.8 Å². The molecule has 0 bridgehead atoms. The van der Waals surface area contributed by atoms with Crippen LogP contribution in [0.25, 0.3) is 22.4 Å². The molecule has 0 aliphatic heterocycles. The average molecular weight is 326 g/mol. The predicted molar refractivity (Wildman–Crippen MR) is 102 cm³/mol. The maximum atomic E-state index is 8.14. The van der Waals surface area contributed by atoms with Gasteiger partial charge in [0.05, 0.1) is 5.56 Å². The molecule has 24 heavy (non-hydrogen) atoms. The third kappa shape index (κ3) is 2.87. The third-order valence-electron chi connectivity index (χ3n) is 4.19. The highest BCUT2D eigenvalue weighted by molar-refractivity contribution is 5.83. The van der Waals surface area contributed by atoms with Gasteiger partial charge in [0.2, 0.25) is 5.69 Å². The fourth-order valence-corrected chi connectivity index (χ4v) is 3.17. The second-order valence-corrected chi connectivity index (χ2v) is 6.15. The second kappa shape index (κ2) is 6.24. The fraction of sp³-hybridized carbons (Fsp3) is 0.261. The Morgan fingerprint density at radius 1 is 0.792 bits per heavy atom. The van der Waals surface area contributed by atoms with Gasteiger partial charge in [-0.15, -0.1) is 0 Å². The minimum absolute atomic E-state index is 0.00843. The highest BCUT2D eigenvalue weighted by Gasteiger charge is 2.22. The van der Waals surface area contributed by atoms with Gasteiger partial charge >= 0.3 is 0 Å². The van der Waals surface area contributed by atoms with E-state index in [1.807, 2.05) is 31.2 Å². The van der Waals surface area contributed by atoms with E-state index in [9.17, 15) is 0 Å². The first-order valence-corrected chi connectivity index (χ1v) is 7.78. The Labute approximate surface area is 158 Å². The molecule has 0 radical (unpaired) electrons. The Balaban J connectivity index is 2.61. The molecule has 0 amide bonds. The number of aryl methyl sites for hydroxylation is 6. The standard InChI is InChI=1S/C23H26N/c1-15-11-18(4)22(19(5)12-15)21-13-16(2)14-24(6)23(21)20-10-8-7-9-17(20)3/h7-14H,1-6H3/q+1/i2D3,4D3,5D3. The molecule has 0 saturated heterocycles. The first-order valence-electron chi connectivity index (χ1n) is 12.3. The van der Waals surface area contributed by atoms with Gasteiger partial charge in [0.1, 0.15) is 7.05 Å². The molecule has 0 N–H and O–H groups in total. The van der Waals surface area contributed by atoms with E-state index in [0.29, 0.717) is 11.3 Å². The number of hydrogen-bond donors (Lipinski definition) is 0. The van der Waals surface area contributed by atoms with Crippen molar-refractivity contribution in [3.63, 3.8) is 0 Å². The van der Waals surface area contributed by atoms with Crippen LogP contribution in [-0.4, -0.2) is 0 Å². The minimum atomic E-state index is -2.61. The SMILES string of the molecule is [2H]C([2H])([2H])c1cc(-c2c(C([2H])([2H])[2H])cc(C)cc2C([2H])([2H])[2H])c(-c2ccccc2C)[n+](C)c1. The number of aromatic nitrogens is 1. The van der Waals surface area contributed by atoms with Crippen molar-refractivity contribution >= 4 is 0 Å². The predicted octanol–water partition coefficient (Wildman–Crippen LogP) is 5.39. The zero-order valence-electron chi connectivity index (χ0n) is 23.1. The molecule has 1 aromatic heterocycles. The first-order chi connectivity index (χ1) is 15.0. The van der Waals surface area contributed by atoms with E-state index in [0.717, 1.165) is 11.1 Å². The van der Waals surface area contributed by atoms with E-state index >= 15 is 0 Å². The van der Waals surface area contributed by atoms with Crippen LogP contribution < -0.4 is 4.57 Å². The van der Waals surface area contributed by atoms with E-state index in [1.54, 1.807) is 18.5 Å². The van der Waals surface area contributed by atoms with Gasteiger partial charge in [-0.25, -0.2) is 4.57 Å². The lowest BCUT2D eigenvalue weighted by atomic mass is 9.89. The van der Waals surface area contributed by atoms with Crippen LogP contribution in [0.1, 0.15) is 40.2 Å². The Morgan fingerprint density at radius 3 is 2.12 bits per heavy atom. The summed E-state index contributed by atoms with van der Waals surface area (Å²) in [4.78, 5) is 0. The molecule has 1 heterocycles. The van der Waals surface area contributed by atoms with Crippen molar-refractivity contribution in [2.75, 3.05) is 0 Å². The van der Waals surface area contributed by atoms with Crippen LogP contribution in [0.15, 0.2) is 48.7 Å². The molecule has 0 unspecified atom stereocenters. The molecule has 122 valence electrons. The summed E-state index contributed by atoms with van der Waals surface area (Å²) in [6, 6.07) is 11.8. The van der Waals surface area contributed by atoms with Crippen LogP contribution in [0.5, 0.6) is 0 Å². The summed E-state index contributed by atoms with van der Waals surface area (Å²) in [5.41, 5.74) is 2.72. The fourth-order valence-electron chi connectivity index (χ4n) is 3.17. The molecule has 1 heteroatoms. The molecule has 0 saturated carbocycles. The minimum Gasteiger partial charge on any atom is -0.200 e. The van der Waals surface area contributed by atoms with Gasteiger partial charge in [-0.3, -0.25) is 0 Å². The molecule has 0 spiro atoms. The monoisotopic (exact) mass is 325 g/mol. The van der Waals surface area contributed by atoms with E-state index < -0.39 is 20.6 Å². The largest absolute Gasteiger partial charge is 0.220 e. The molecule has 0 aliphatic rings. The maximum Gasteiger partial charge on any atom is 0.220 e. The van der Waals surface area contributed by atoms with Crippen LogP contribution in [0.3, 0.4) is 0 Å². The van der Waals surface area contributed by atoms with Gasteiger partial charge in [0, 0.05) is 23.5 Å². The quantitative estimate of drug-likeness (QED) is 0.556. The number of pyridine rings is 1. The summed E-state index contributed by atoms with van der Waals surface area (Å²) in [7, 11) is 1.68. The van der Waals surface area contributed by atoms with Gasteiger partial charge in [-0.05, 0) is 68.8 Å². The van der Waals surface area contributed by atoms with Gasteiger partial charge < -0.3 is 0 Å². The van der Waals surface area contributed by atoms with Crippen LogP contribution in [0.2, 0.25) is 0 Å². The molecule has 2 aromatic carbocycles. The topological polar surface area (TPSA) is 3.88 Å². The zero-order valence-corrected chi connectivity index (χ0v) is 14.1. The number of benzene rings is 2. The molecule has 0 atom stereocenters. The van der Waals surface area contributed by atoms with Crippen LogP contribution >= 0.6 is 0 Å². The summed E-state index contributed by atoms with van der Waals surface area (Å²) in [5.74, 6) is 0. The molecule has 1 nitrogen and oxygen atoms in total. The van der Waals surface area contributed by atoms with Crippen LogP contribution in [0, 0.1) is 34.4 Å². The van der Waals surface area contributed by atoms with Crippen molar-refractivity contribution in [3.05, 3.63) is 76.5 Å². The molecule has 0 aliphatic carbocycles. The first kappa shape index (κ1) is 8.62. The molecular formula is C23H26N+. The van der Waals surface area contributed by atoms with Crippen molar-refractivity contribution in [2.24, 2.45) is 7.05 Å². The van der Waals surface area contributed by atoms with Crippen LogP contribution in [-0.2, 0) is 7.05 Å². The van der Waals surface area contributed by atoms with Crippen molar-refractivity contribution in [2.45, 2.75) is 34.4 Å². The molecule has 3 rings (SSSR count). The van der Waals surface area contributed by atoms with Gasteiger partial charge in [-0.2, -0.15) is 0 Å².